The molecule has 6 nitrogen and oxygen atoms in total. The van der Waals surface area contributed by atoms with Gasteiger partial charge in [0.25, 0.3) is 5.56 Å². The summed E-state index contributed by atoms with van der Waals surface area (Å²) < 4.78 is 5.13. The molecule has 2 N–H and O–H groups in total. The minimum atomic E-state index is -0.125. The van der Waals surface area contributed by atoms with Gasteiger partial charge in [0.1, 0.15) is 5.76 Å². The summed E-state index contributed by atoms with van der Waals surface area (Å²) in [6.45, 7) is 0.362. The van der Waals surface area contributed by atoms with Crippen LogP contribution in [0.5, 0.6) is 0 Å². The number of rotatable bonds is 5. The number of amides is 1. The van der Waals surface area contributed by atoms with Gasteiger partial charge in [0.2, 0.25) is 5.91 Å². The van der Waals surface area contributed by atoms with E-state index < -0.39 is 0 Å². The molecule has 2 aromatic heterocycles. The van der Waals surface area contributed by atoms with Gasteiger partial charge in [0.05, 0.1) is 24.3 Å². The summed E-state index contributed by atoms with van der Waals surface area (Å²) in [6, 6.07) is 3.57. The third-order valence-corrected chi connectivity index (χ3v) is 4.17. The normalized spacial score (nSPS) is 13.1. The van der Waals surface area contributed by atoms with E-state index in [1.165, 1.54) is 11.8 Å². The number of H-pyrrole nitrogens is 1. The van der Waals surface area contributed by atoms with Crippen molar-refractivity contribution in [2.24, 2.45) is 0 Å². The molecular formula is C14H15N3O3S. The Kier molecular flexibility index (Phi) is 4.10. The number of aromatic nitrogens is 2. The molecule has 110 valence electrons. The van der Waals surface area contributed by atoms with Crippen LogP contribution in [-0.2, 0) is 24.2 Å². The number of nitrogens with zero attached hydrogens (tertiary/aromatic N) is 1. The highest BCUT2D eigenvalue weighted by molar-refractivity contribution is 7.99. The Bertz CT molecular complexity index is 694. The lowest BCUT2D eigenvalue weighted by Gasteiger charge is -2.04. The predicted molar refractivity (Wildman–Crippen MR) is 78.2 cm³/mol. The van der Waals surface area contributed by atoms with Crippen molar-refractivity contribution in [3.05, 3.63) is 45.8 Å². The maximum Gasteiger partial charge on any atom is 0.254 e. The number of fused-ring (bicyclic) bond motifs is 1. The fourth-order valence-electron chi connectivity index (χ4n) is 2.27. The van der Waals surface area contributed by atoms with Crippen LogP contribution in [0.25, 0.3) is 0 Å². The average Bonchev–Trinajstić information content (AvgIpc) is 3.14. The standard InChI is InChI=1S/C14H15N3O3S/c18-12(15-7-9-3-2-6-20-9)8-21-14-16-11-5-1-4-10(11)13(19)17-14/h2-3,6H,1,4-5,7-8H2,(H,15,18)(H,16,17,19). The number of hydrogen-bond acceptors (Lipinski definition) is 5. The van der Waals surface area contributed by atoms with Crippen LogP contribution >= 0.6 is 11.8 Å². The van der Waals surface area contributed by atoms with Gasteiger partial charge in [-0.3, -0.25) is 9.59 Å². The Morgan fingerprint density at radius 3 is 3.19 bits per heavy atom. The fraction of sp³-hybridized carbons (Fsp3) is 0.357. The van der Waals surface area contributed by atoms with Gasteiger partial charge in [-0.1, -0.05) is 11.8 Å². The van der Waals surface area contributed by atoms with Gasteiger partial charge in [0, 0.05) is 5.56 Å². The second-order valence-corrected chi connectivity index (χ2v) is 5.76. The minimum absolute atomic E-state index is 0.0732. The second kappa shape index (κ2) is 6.17. The lowest BCUT2D eigenvalue weighted by Crippen LogP contribution is -2.24. The van der Waals surface area contributed by atoms with Gasteiger partial charge in [-0.05, 0) is 31.4 Å². The van der Waals surface area contributed by atoms with Crippen LogP contribution in [0.15, 0.2) is 32.8 Å². The molecule has 0 bridgehead atoms. The first kappa shape index (κ1) is 13.9. The van der Waals surface area contributed by atoms with Gasteiger partial charge in [-0.25, -0.2) is 4.98 Å². The van der Waals surface area contributed by atoms with Crippen LogP contribution in [0.3, 0.4) is 0 Å². The van der Waals surface area contributed by atoms with Crippen LogP contribution in [0.2, 0.25) is 0 Å². The molecule has 1 aliphatic rings. The van der Waals surface area contributed by atoms with Crippen LogP contribution in [0, 0.1) is 0 Å². The van der Waals surface area contributed by atoms with E-state index in [1.807, 2.05) is 0 Å². The average molecular weight is 305 g/mol. The SMILES string of the molecule is O=C(CSc1nc2c(c(=O)[nH]1)CCC2)NCc1ccco1. The van der Waals surface area contributed by atoms with E-state index >= 15 is 0 Å². The lowest BCUT2D eigenvalue weighted by atomic mass is 10.3. The third kappa shape index (κ3) is 3.36. The zero-order valence-electron chi connectivity index (χ0n) is 11.3. The number of carbonyl (C=O) groups is 1. The molecule has 1 amide bonds. The maximum absolute atomic E-state index is 11.8. The van der Waals surface area contributed by atoms with E-state index in [1.54, 1.807) is 18.4 Å². The second-order valence-electron chi connectivity index (χ2n) is 4.79. The molecule has 7 heteroatoms. The molecule has 0 saturated heterocycles. The molecule has 0 saturated carbocycles. The number of aryl methyl sites for hydroxylation is 1. The predicted octanol–water partition coefficient (Wildman–Crippen LogP) is 1.26. The summed E-state index contributed by atoms with van der Waals surface area (Å²) in [7, 11) is 0. The molecule has 2 heterocycles. The molecule has 0 aliphatic heterocycles. The van der Waals surface area contributed by atoms with E-state index in [9.17, 15) is 9.59 Å². The van der Waals surface area contributed by atoms with Crippen molar-refractivity contribution in [2.75, 3.05) is 5.75 Å². The number of furan rings is 1. The lowest BCUT2D eigenvalue weighted by molar-refractivity contribution is -0.118. The van der Waals surface area contributed by atoms with Crippen LogP contribution in [0.4, 0.5) is 0 Å². The molecule has 2 aromatic rings. The van der Waals surface area contributed by atoms with Crippen molar-refractivity contribution >= 4 is 17.7 Å². The monoisotopic (exact) mass is 305 g/mol. The van der Waals surface area contributed by atoms with E-state index in [4.69, 9.17) is 4.42 Å². The van der Waals surface area contributed by atoms with Gasteiger partial charge < -0.3 is 14.7 Å². The molecule has 0 fully saturated rings. The fourth-order valence-corrected chi connectivity index (χ4v) is 2.98. The number of thioether (sulfide) groups is 1. The van der Waals surface area contributed by atoms with Gasteiger partial charge >= 0.3 is 0 Å². The highest BCUT2D eigenvalue weighted by atomic mass is 32.2. The van der Waals surface area contributed by atoms with Crippen molar-refractivity contribution in [1.29, 1.82) is 0 Å². The Morgan fingerprint density at radius 1 is 1.48 bits per heavy atom. The Balaban J connectivity index is 1.54. The quantitative estimate of drug-likeness (QED) is 0.641. The maximum atomic E-state index is 11.8. The van der Waals surface area contributed by atoms with E-state index in [0.29, 0.717) is 17.5 Å². The molecule has 0 aromatic carbocycles. The van der Waals surface area contributed by atoms with Crippen molar-refractivity contribution in [1.82, 2.24) is 15.3 Å². The molecule has 0 radical (unpaired) electrons. The van der Waals surface area contributed by atoms with E-state index in [-0.39, 0.29) is 17.2 Å². The molecule has 0 spiro atoms. The van der Waals surface area contributed by atoms with Crippen molar-refractivity contribution in [3.63, 3.8) is 0 Å². The first-order valence-corrected chi connectivity index (χ1v) is 7.75. The summed E-state index contributed by atoms with van der Waals surface area (Å²) in [5.74, 6) is 0.791. The molecule has 21 heavy (non-hydrogen) atoms. The number of carbonyl (C=O) groups excluding carboxylic acids is 1. The van der Waals surface area contributed by atoms with Gasteiger partial charge in [-0.15, -0.1) is 0 Å². The molecule has 1 aliphatic carbocycles. The van der Waals surface area contributed by atoms with Crippen LogP contribution in [-0.4, -0.2) is 21.6 Å². The number of hydrogen-bond donors (Lipinski definition) is 2. The molecule has 3 rings (SSSR count). The largest absolute Gasteiger partial charge is 0.467 e. The zero-order chi connectivity index (χ0) is 14.7. The summed E-state index contributed by atoms with van der Waals surface area (Å²) in [5, 5.41) is 3.26. The smallest absolute Gasteiger partial charge is 0.254 e. The minimum Gasteiger partial charge on any atom is -0.467 e. The summed E-state index contributed by atoms with van der Waals surface area (Å²) in [5.41, 5.74) is 1.59. The van der Waals surface area contributed by atoms with Crippen LogP contribution < -0.4 is 10.9 Å². The van der Waals surface area contributed by atoms with E-state index in [0.717, 1.165) is 30.5 Å². The van der Waals surface area contributed by atoms with Gasteiger partial charge in [0.15, 0.2) is 5.16 Å². The zero-order valence-corrected chi connectivity index (χ0v) is 12.2. The molecule has 0 atom stereocenters. The highest BCUT2D eigenvalue weighted by Gasteiger charge is 2.17. The Hall–Kier alpha value is -2.02. The summed E-state index contributed by atoms with van der Waals surface area (Å²) in [4.78, 5) is 30.7. The highest BCUT2D eigenvalue weighted by Crippen LogP contribution is 2.19. The topological polar surface area (TPSA) is 88.0 Å². The summed E-state index contributed by atoms with van der Waals surface area (Å²) >= 11 is 1.24. The Morgan fingerprint density at radius 2 is 2.38 bits per heavy atom. The molecular weight excluding hydrogens is 290 g/mol. The van der Waals surface area contributed by atoms with Crippen molar-refractivity contribution < 1.29 is 9.21 Å². The van der Waals surface area contributed by atoms with E-state index in [2.05, 4.69) is 15.3 Å². The van der Waals surface area contributed by atoms with Crippen LogP contribution in [0.1, 0.15) is 23.4 Å². The first-order chi connectivity index (χ1) is 10.2. The summed E-state index contributed by atoms with van der Waals surface area (Å²) in [6.07, 6.45) is 4.18. The van der Waals surface area contributed by atoms with Crippen molar-refractivity contribution in [3.8, 4) is 0 Å². The first-order valence-electron chi connectivity index (χ1n) is 6.76. The van der Waals surface area contributed by atoms with Crippen molar-refractivity contribution in [2.45, 2.75) is 31.0 Å². The third-order valence-electron chi connectivity index (χ3n) is 3.30. The molecule has 0 unspecified atom stereocenters. The Labute approximate surface area is 125 Å². The van der Waals surface area contributed by atoms with Gasteiger partial charge in [-0.2, -0.15) is 0 Å². The number of aromatic amines is 1. The number of nitrogens with one attached hydrogen (secondary N) is 2.